The van der Waals surface area contributed by atoms with Gasteiger partial charge in [0.05, 0.1) is 21.6 Å². The molecule has 0 aliphatic rings. The Morgan fingerprint density at radius 2 is 1.89 bits per heavy atom. The van der Waals surface area contributed by atoms with Gasteiger partial charge in [0.15, 0.2) is 0 Å². The zero-order chi connectivity index (χ0) is 14.0. The fourth-order valence-electron chi connectivity index (χ4n) is 2.58. The van der Waals surface area contributed by atoms with Crippen molar-refractivity contribution in [2.45, 2.75) is 27.7 Å². The SMILES string of the molecule is CC(C)C(CNc1ccc2scnc2c1N)C(C)C. The first kappa shape index (κ1) is 14.1. The molecule has 0 saturated carbocycles. The van der Waals surface area contributed by atoms with E-state index in [-0.39, 0.29) is 0 Å². The van der Waals surface area contributed by atoms with Crippen LogP contribution in [0.4, 0.5) is 11.4 Å². The summed E-state index contributed by atoms with van der Waals surface area (Å²) in [6.07, 6.45) is 0. The molecule has 0 unspecified atom stereocenters. The van der Waals surface area contributed by atoms with Crippen molar-refractivity contribution in [2.24, 2.45) is 17.8 Å². The highest BCUT2D eigenvalue weighted by Gasteiger charge is 2.17. The summed E-state index contributed by atoms with van der Waals surface area (Å²) in [6.45, 7) is 10.1. The highest BCUT2D eigenvalue weighted by atomic mass is 32.1. The summed E-state index contributed by atoms with van der Waals surface area (Å²) in [4.78, 5) is 4.33. The van der Waals surface area contributed by atoms with Crippen LogP contribution in [0.1, 0.15) is 27.7 Å². The molecule has 1 aromatic heterocycles. The predicted octanol–water partition coefficient (Wildman–Crippen LogP) is 4.22. The number of aromatic nitrogens is 1. The zero-order valence-electron chi connectivity index (χ0n) is 12.1. The fraction of sp³-hybridized carbons (Fsp3) is 0.533. The first-order chi connectivity index (χ1) is 9.00. The van der Waals surface area contributed by atoms with Crippen LogP contribution in [-0.2, 0) is 0 Å². The van der Waals surface area contributed by atoms with E-state index in [4.69, 9.17) is 5.73 Å². The van der Waals surface area contributed by atoms with Crippen molar-refractivity contribution in [1.82, 2.24) is 4.98 Å². The quantitative estimate of drug-likeness (QED) is 0.805. The second-order valence-electron chi connectivity index (χ2n) is 5.76. The van der Waals surface area contributed by atoms with E-state index in [1.165, 1.54) is 0 Å². The number of nitrogens with two attached hydrogens (primary N) is 1. The number of hydrogen-bond donors (Lipinski definition) is 2. The van der Waals surface area contributed by atoms with Crippen LogP contribution >= 0.6 is 11.3 Å². The number of thiazole rings is 1. The van der Waals surface area contributed by atoms with Crippen molar-refractivity contribution in [2.75, 3.05) is 17.6 Å². The molecule has 2 rings (SSSR count). The Bertz CT molecular complexity index is 537. The molecule has 0 aliphatic carbocycles. The molecule has 0 radical (unpaired) electrons. The molecular formula is C15H23N3S. The van der Waals surface area contributed by atoms with Crippen LogP contribution in [0.25, 0.3) is 10.2 Å². The van der Waals surface area contributed by atoms with Crippen LogP contribution in [-0.4, -0.2) is 11.5 Å². The van der Waals surface area contributed by atoms with E-state index < -0.39 is 0 Å². The van der Waals surface area contributed by atoms with Crippen molar-refractivity contribution in [3.8, 4) is 0 Å². The third-order valence-corrected chi connectivity index (χ3v) is 4.58. The lowest BCUT2D eigenvalue weighted by molar-refractivity contribution is 0.304. The van der Waals surface area contributed by atoms with Crippen molar-refractivity contribution < 1.29 is 0 Å². The van der Waals surface area contributed by atoms with Crippen LogP contribution < -0.4 is 11.1 Å². The first-order valence-electron chi connectivity index (χ1n) is 6.86. The van der Waals surface area contributed by atoms with Gasteiger partial charge in [0.1, 0.15) is 5.52 Å². The Labute approximate surface area is 119 Å². The first-order valence-corrected chi connectivity index (χ1v) is 7.74. The molecule has 0 spiro atoms. The number of nitrogen functional groups attached to an aromatic ring is 1. The Hall–Kier alpha value is -1.29. The molecule has 0 bridgehead atoms. The van der Waals surface area contributed by atoms with E-state index in [9.17, 15) is 0 Å². The van der Waals surface area contributed by atoms with E-state index in [2.05, 4.69) is 50.1 Å². The molecule has 2 aromatic rings. The largest absolute Gasteiger partial charge is 0.395 e. The molecule has 1 heterocycles. The molecule has 104 valence electrons. The van der Waals surface area contributed by atoms with Gasteiger partial charge in [0.2, 0.25) is 0 Å². The van der Waals surface area contributed by atoms with Crippen molar-refractivity contribution in [3.05, 3.63) is 17.6 Å². The summed E-state index contributed by atoms with van der Waals surface area (Å²) in [5.74, 6) is 1.97. The minimum atomic E-state index is 0.644. The van der Waals surface area contributed by atoms with Gasteiger partial charge in [-0.05, 0) is 29.9 Å². The summed E-state index contributed by atoms with van der Waals surface area (Å²) in [5, 5.41) is 3.50. The summed E-state index contributed by atoms with van der Waals surface area (Å²) >= 11 is 1.63. The second-order valence-corrected chi connectivity index (χ2v) is 6.65. The standard InChI is InChI=1S/C15H23N3S/c1-9(2)11(10(3)4)7-17-12-5-6-13-15(14(12)16)18-8-19-13/h5-6,8-11,17H,7,16H2,1-4H3. The van der Waals surface area contributed by atoms with Crippen LogP contribution in [0.15, 0.2) is 17.6 Å². The van der Waals surface area contributed by atoms with E-state index >= 15 is 0 Å². The summed E-state index contributed by atoms with van der Waals surface area (Å²) in [5.41, 5.74) is 10.7. The van der Waals surface area contributed by atoms with E-state index in [1.54, 1.807) is 11.3 Å². The molecule has 4 heteroatoms. The molecule has 0 aliphatic heterocycles. The third kappa shape index (κ3) is 3.00. The predicted molar refractivity (Wildman–Crippen MR) is 85.7 cm³/mol. The zero-order valence-corrected chi connectivity index (χ0v) is 12.9. The topological polar surface area (TPSA) is 50.9 Å². The number of nitrogens with one attached hydrogen (secondary N) is 1. The molecule has 3 N–H and O–H groups in total. The maximum atomic E-state index is 6.18. The van der Waals surface area contributed by atoms with E-state index in [0.29, 0.717) is 17.8 Å². The van der Waals surface area contributed by atoms with E-state index in [1.807, 2.05) is 5.51 Å². The Morgan fingerprint density at radius 3 is 2.53 bits per heavy atom. The normalized spacial score (nSPS) is 11.9. The van der Waals surface area contributed by atoms with Crippen molar-refractivity contribution in [3.63, 3.8) is 0 Å². The van der Waals surface area contributed by atoms with Crippen molar-refractivity contribution >= 4 is 32.9 Å². The molecule has 3 nitrogen and oxygen atoms in total. The number of fused-ring (bicyclic) bond motifs is 1. The van der Waals surface area contributed by atoms with Gasteiger partial charge in [-0.2, -0.15) is 0 Å². The average Bonchev–Trinajstić information content (AvgIpc) is 2.80. The number of hydrogen-bond acceptors (Lipinski definition) is 4. The number of benzene rings is 1. The van der Waals surface area contributed by atoms with Gasteiger partial charge in [0, 0.05) is 6.54 Å². The summed E-state index contributed by atoms with van der Waals surface area (Å²) in [6, 6.07) is 4.15. The molecule has 0 amide bonds. The molecule has 1 aromatic carbocycles. The van der Waals surface area contributed by atoms with Crippen LogP contribution in [0.2, 0.25) is 0 Å². The van der Waals surface area contributed by atoms with E-state index in [0.717, 1.165) is 28.1 Å². The lowest BCUT2D eigenvalue weighted by atomic mass is 9.85. The van der Waals surface area contributed by atoms with Gasteiger partial charge in [0.25, 0.3) is 0 Å². The van der Waals surface area contributed by atoms with Gasteiger partial charge in [-0.25, -0.2) is 4.98 Å². The molecule has 19 heavy (non-hydrogen) atoms. The van der Waals surface area contributed by atoms with Gasteiger partial charge in [-0.15, -0.1) is 11.3 Å². The molecule has 0 saturated heterocycles. The van der Waals surface area contributed by atoms with Gasteiger partial charge in [-0.1, -0.05) is 27.7 Å². The average molecular weight is 277 g/mol. The number of nitrogens with zero attached hydrogens (tertiary/aromatic N) is 1. The number of rotatable bonds is 5. The number of anilines is 2. The molecule has 0 fully saturated rings. The Morgan fingerprint density at radius 1 is 1.21 bits per heavy atom. The lowest BCUT2D eigenvalue weighted by Gasteiger charge is -2.26. The van der Waals surface area contributed by atoms with Gasteiger partial charge in [-0.3, -0.25) is 0 Å². The maximum absolute atomic E-state index is 6.18. The smallest absolute Gasteiger partial charge is 0.106 e. The fourth-order valence-corrected chi connectivity index (χ4v) is 3.27. The maximum Gasteiger partial charge on any atom is 0.106 e. The minimum absolute atomic E-state index is 0.644. The second kappa shape index (κ2) is 5.78. The summed E-state index contributed by atoms with van der Waals surface area (Å²) < 4.78 is 1.15. The highest BCUT2D eigenvalue weighted by molar-refractivity contribution is 7.16. The molecule has 0 atom stereocenters. The van der Waals surface area contributed by atoms with Gasteiger partial charge < -0.3 is 11.1 Å². The monoisotopic (exact) mass is 277 g/mol. The van der Waals surface area contributed by atoms with Crippen LogP contribution in [0.3, 0.4) is 0 Å². The van der Waals surface area contributed by atoms with Crippen LogP contribution in [0.5, 0.6) is 0 Å². The molecular weight excluding hydrogens is 254 g/mol. The minimum Gasteiger partial charge on any atom is -0.395 e. The highest BCUT2D eigenvalue weighted by Crippen LogP contribution is 2.31. The third-order valence-electron chi connectivity index (χ3n) is 3.78. The van der Waals surface area contributed by atoms with Crippen molar-refractivity contribution in [1.29, 1.82) is 0 Å². The van der Waals surface area contributed by atoms with Gasteiger partial charge >= 0.3 is 0 Å². The summed E-state index contributed by atoms with van der Waals surface area (Å²) in [7, 11) is 0. The Kier molecular flexibility index (Phi) is 4.30. The van der Waals surface area contributed by atoms with Crippen LogP contribution in [0, 0.1) is 17.8 Å². The lowest BCUT2D eigenvalue weighted by Crippen LogP contribution is -2.24. The Balaban J connectivity index is 2.15.